The minimum Gasteiger partial charge on any atom is -0.356 e. The van der Waals surface area contributed by atoms with Crippen LogP contribution in [0, 0.1) is 5.92 Å². The summed E-state index contributed by atoms with van der Waals surface area (Å²) in [5.74, 6) is 1.33. The van der Waals surface area contributed by atoms with Gasteiger partial charge in [-0.2, -0.15) is 5.10 Å². The second-order valence-electron chi connectivity index (χ2n) is 8.39. The number of aliphatic imine (C=N–C) groups is 1. The zero-order valence-corrected chi connectivity index (χ0v) is 19.2. The van der Waals surface area contributed by atoms with Crippen LogP contribution in [0.2, 0.25) is 0 Å². The maximum atomic E-state index is 12.4. The molecular formula is C26H32N6O. The van der Waals surface area contributed by atoms with Gasteiger partial charge in [-0.15, -0.1) is 0 Å². The Morgan fingerprint density at radius 3 is 2.55 bits per heavy atom. The number of benzene rings is 2. The van der Waals surface area contributed by atoms with Gasteiger partial charge in [0.25, 0.3) is 0 Å². The highest BCUT2D eigenvalue weighted by molar-refractivity contribution is 5.80. The van der Waals surface area contributed by atoms with Crippen LogP contribution in [0.25, 0.3) is 5.69 Å². The predicted octanol–water partition coefficient (Wildman–Crippen LogP) is 2.67. The number of likely N-dealkylation sites (tertiary alicyclic amines) is 1. The van der Waals surface area contributed by atoms with Gasteiger partial charge < -0.3 is 15.5 Å². The molecule has 33 heavy (non-hydrogen) atoms. The smallest absolute Gasteiger partial charge is 0.223 e. The van der Waals surface area contributed by atoms with Crippen molar-refractivity contribution in [2.45, 2.75) is 19.3 Å². The number of amides is 1. The maximum Gasteiger partial charge on any atom is 0.223 e. The first-order chi connectivity index (χ1) is 16.2. The fourth-order valence-electron chi connectivity index (χ4n) is 4.14. The van der Waals surface area contributed by atoms with Gasteiger partial charge in [0.1, 0.15) is 0 Å². The van der Waals surface area contributed by atoms with Gasteiger partial charge in [-0.1, -0.05) is 42.5 Å². The number of nitrogens with zero attached hydrogens (tertiary/aromatic N) is 4. The Morgan fingerprint density at radius 2 is 1.82 bits per heavy atom. The van der Waals surface area contributed by atoms with Crippen molar-refractivity contribution in [3.05, 3.63) is 84.2 Å². The molecule has 0 radical (unpaired) electrons. The van der Waals surface area contributed by atoms with E-state index in [0.717, 1.165) is 50.7 Å². The largest absolute Gasteiger partial charge is 0.356 e. The highest BCUT2D eigenvalue weighted by Crippen LogP contribution is 2.17. The lowest BCUT2D eigenvalue weighted by Crippen LogP contribution is -2.41. The van der Waals surface area contributed by atoms with Crippen molar-refractivity contribution in [1.82, 2.24) is 25.3 Å². The Balaban J connectivity index is 1.16. The summed E-state index contributed by atoms with van der Waals surface area (Å²) in [6.07, 6.45) is 6.11. The van der Waals surface area contributed by atoms with Crippen molar-refractivity contribution >= 4 is 11.9 Å². The van der Waals surface area contributed by atoms with Crippen molar-refractivity contribution < 1.29 is 4.79 Å². The van der Waals surface area contributed by atoms with Crippen LogP contribution in [0.3, 0.4) is 0 Å². The molecular weight excluding hydrogens is 412 g/mol. The lowest BCUT2D eigenvalue weighted by atomic mass is 10.1. The Labute approximate surface area is 195 Å². The third-order valence-electron chi connectivity index (χ3n) is 6.00. The Bertz CT molecular complexity index is 1030. The van der Waals surface area contributed by atoms with E-state index in [1.807, 2.05) is 40.0 Å². The average Bonchev–Trinajstić information content (AvgIpc) is 3.51. The molecule has 1 aromatic heterocycles. The first-order valence-corrected chi connectivity index (χ1v) is 11.6. The van der Waals surface area contributed by atoms with Crippen LogP contribution in [0.1, 0.15) is 17.5 Å². The van der Waals surface area contributed by atoms with E-state index < -0.39 is 0 Å². The van der Waals surface area contributed by atoms with Crippen LogP contribution < -0.4 is 10.6 Å². The molecule has 0 saturated carbocycles. The highest BCUT2D eigenvalue weighted by atomic mass is 16.2. The average molecular weight is 445 g/mol. The third kappa shape index (κ3) is 6.44. The summed E-state index contributed by atoms with van der Waals surface area (Å²) in [6, 6.07) is 20.7. The van der Waals surface area contributed by atoms with Crippen LogP contribution in [0.5, 0.6) is 0 Å². The SMILES string of the molecule is CN=C(NCCc1ccc(-n2cccn2)cc1)NCC1CC(=O)N(CCc2ccccc2)C1. The Kier molecular flexibility index (Phi) is 7.74. The summed E-state index contributed by atoms with van der Waals surface area (Å²) in [5.41, 5.74) is 3.58. The summed E-state index contributed by atoms with van der Waals surface area (Å²) in [5, 5.41) is 11.0. The molecule has 0 aliphatic carbocycles. The number of rotatable bonds is 9. The van der Waals surface area contributed by atoms with E-state index >= 15 is 0 Å². The molecule has 4 rings (SSSR count). The normalized spacial score (nSPS) is 16.3. The lowest BCUT2D eigenvalue weighted by Gasteiger charge is -2.18. The standard InChI is InChI=1S/C26H32N6O/c1-27-26(28-15-12-22-8-10-24(11-9-22)32-16-5-14-30-32)29-19-23-18-25(33)31(20-23)17-13-21-6-3-2-4-7-21/h2-11,14,16,23H,12-13,15,17-20H2,1H3,(H2,27,28,29). The first kappa shape index (κ1) is 22.6. The monoisotopic (exact) mass is 444 g/mol. The van der Waals surface area contributed by atoms with Gasteiger partial charge in [-0.3, -0.25) is 9.79 Å². The van der Waals surface area contributed by atoms with E-state index in [0.29, 0.717) is 12.3 Å². The molecule has 3 aromatic rings. The lowest BCUT2D eigenvalue weighted by molar-refractivity contribution is -0.127. The number of hydrogen-bond donors (Lipinski definition) is 2. The molecule has 1 aliphatic rings. The number of carbonyl (C=O) groups excluding carboxylic acids is 1. The molecule has 1 fully saturated rings. The Hall–Kier alpha value is -3.61. The Morgan fingerprint density at radius 1 is 1.03 bits per heavy atom. The van der Waals surface area contributed by atoms with E-state index in [1.165, 1.54) is 11.1 Å². The van der Waals surface area contributed by atoms with Gasteiger partial charge in [-0.25, -0.2) is 4.68 Å². The molecule has 2 heterocycles. The van der Waals surface area contributed by atoms with Crippen LogP contribution in [-0.4, -0.2) is 59.8 Å². The maximum absolute atomic E-state index is 12.4. The van der Waals surface area contributed by atoms with Gasteiger partial charge in [0.15, 0.2) is 5.96 Å². The van der Waals surface area contributed by atoms with Crippen LogP contribution >= 0.6 is 0 Å². The van der Waals surface area contributed by atoms with E-state index in [1.54, 1.807) is 13.2 Å². The fourth-order valence-corrected chi connectivity index (χ4v) is 4.14. The number of nitrogens with one attached hydrogen (secondary N) is 2. The molecule has 1 unspecified atom stereocenters. The molecule has 2 N–H and O–H groups in total. The van der Waals surface area contributed by atoms with Gasteiger partial charge in [0.05, 0.1) is 5.69 Å². The van der Waals surface area contributed by atoms with Gasteiger partial charge in [0.2, 0.25) is 5.91 Å². The van der Waals surface area contributed by atoms with Crippen LogP contribution in [0.15, 0.2) is 78.0 Å². The van der Waals surface area contributed by atoms with Gasteiger partial charge in [-0.05, 0) is 42.2 Å². The van der Waals surface area contributed by atoms with Crippen LogP contribution in [-0.2, 0) is 17.6 Å². The van der Waals surface area contributed by atoms with Crippen LogP contribution in [0.4, 0.5) is 0 Å². The van der Waals surface area contributed by atoms with Crippen molar-refractivity contribution in [1.29, 1.82) is 0 Å². The second kappa shape index (κ2) is 11.3. The van der Waals surface area contributed by atoms with Crippen molar-refractivity contribution in [3.63, 3.8) is 0 Å². The number of aromatic nitrogens is 2. The predicted molar refractivity (Wildman–Crippen MR) is 131 cm³/mol. The second-order valence-corrected chi connectivity index (χ2v) is 8.39. The van der Waals surface area contributed by atoms with E-state index in [2.05, 4.69) is 57.1 Å². The number of carbonyl (C=O) groups is 1. The minimum atomic E-state index is 0.249. The molecule has 1 amide bonds. The summed E-state index contributed by atoms with van der Waals surface area (Å²) in [6.45, 7) is 3.11. The summed E-state index contributed by atoms with van der Waals surface area (Å²) in [7, 11) is 1.78. The molecule has 172 valence electrons. The first-order valence-electron chi connectivity index (χ1n) is 11.6. The molecule has 1 saturated heterocycles. The minimum absolute atomic E-state index is 0.249. The zero-order chi connectivity index (χ0) is 22.9. The van der Waals surface area contributed by atoms with E-state index in [4.69, 9.17) is 0 Å². The molecule has 1 aliphatic heterocycles. The van der Waals surface area contributed by atoms with Gasteiger partial charge in [0, 0.05) is 58.0 Å². The molecule has 7 nitrogen and oxygen atoms in total. The molecule has 2 aromatic carbocycles. The molecule has 7 heteroatoms. The summed E-state index contributed by atoms with van der Waals surface area (Å²) >= 11 is 0. The zero-order valence-electron chi connectivity index (χ0n) is 19.2. The summed E-state index contributed by atoms with van der Waals surface area (Å²) in [4.78, 5) is 18.7. The van der Waals surface area contributed by atoms with E-state index in [9.17, 15) is 4.79 Å². The van der Waals surface area contributed by atoms with Crippen molar-refractivity contribution in [2.75, 3.05) is 33.2 Å². The number of guanidine groups is 1. The molecule has 0 spiro atoms. The number of hydrogen-bond acceptors (Lipinski definition) is 3. The highest BCUT2D eigenvalue weighted by Gasteiger charge is 2.29. The van der Waals surface area contributed by atoms with Crippen molar-refractivity contribution in [3.8, 4) is 5.69 Å². The quantitative estimate of drug-likeness (QED) is 0.393. The van der Waals surface area contributed by atoms with Crippen molar-refractivity contribution in [2.24, 2.45) is 10.9 Å². The summed E-state index contributed by atoms with van der Waals surface area (Å²) < 4.78 is 1.85. The molecule has 1 atom stereocenters. The van der Waals surface area contributed by atoms with E-state index in [-0.39, 0.29) is 5.91 Å². The fraction of sp³-hybridized carbons (Fsp3) is 0.346. The van der Waals surface area contributed by atoms with Gasteiger partial charge >= 0.3 is 0 Å². The topological polar surface area (TPSA) is 74.5 Å². The molecule has 0 bridgehead atoms. The third-order valence-corrected chi connectivity index (χ3v) is 6.00.